The van der Waals surface area contributed by atoms with Gasteiger partial charge in [-0.3, -0.25) is 0 Å². The molecular weight excluding hydrogens is 350 g/mol. The van der Waals surface area contributed by atoms with Crippen molar-refractivity contribution in [3.05, 3.63) is 0 Å². The molecule has 2 atom stereocenters. The van der Waals surface area contributed by atoms with Gasteiger partial charge in [0.1, 0.15) is 0 Å². The molecule has 124 valence electrons. The Bertz CT molecular complexity index is 357. The van der Waals surface area contributed by atoms with Crippen LogP contribution in [0.5, 0.6) is 0 Å². The van der Waals surface area contributed by atoms with Gasteiger partial charge in [-0.05, 0) is 43.8 Å². The van der Waals surface area contributed by atoms with Crippen molar-refractivity contribution in [2.45, 2.75) is 76.7 Å². The summed E-state index contributed by atoms with van der Waals surface area (Å²) in [6.45, 7) is 11.8. The van der Waals surface area contributed by atoms with Crippen LogP contribution in [0.2, 0.25) is 18.1 Å². The Morgan fingerprint density at radius 3 is 2.52 bits per heavy atom. The summed E-state index contributed by atoms with van der Waals surface area (Å²) in [5, 5.41) is 10.5. The fraction of sp³-hybridized carbons (Fsp3) is 0.933. The van der Waals surface area contributed by atoms with Gasteiger partial charge in [-0.25, -0.2) is 4.79 Å². The molecule has 1 heterocycles. The Balaban J connectivity index is 2.88. The zero-order valence-corrected chi connectivity index (χ0v) is 16.6. The van der Waals surface area contributed by atoms with E-state index in [1.807, 2.05) is 0 Å². The second-order valence-corrected chi connectivity index (χ2v) is 13.0. The number of hydrogen-bond acceptors (Lipinski definition) is 2. The summed E-state index contributed by atoms with van der Waals surface area (Å²) in [7, 11) is -1.87. The summed E-state index contributed by atoms with van der Waals surface area (Å²) in [6.07, 6.45) is 2.97. The molecule has 21 heavy (non-hydrogen) atoms. The maximum atomic E-state index is 11.5. The molecule has 0 aromatic rings. The molecule has 1 N–H and O–H groups in total. The molecule has 1 saturated heterocycles. The number of carbonyl (C=O) groups is 1. The van der Waals surface area contributed by atoms with Crippen molar-refractivity contribution >= 4 is 30.3 Å². The summed E-state index contributed by atoms with van der Waals surface area (Å²) in [5.41, 5.74) is 0. The molecule has 0 radical (unpaired) electrons. The average Bonchev–Trinajstić information content (AvgIpc) is 2.35. The number of nitrogens with zero attached hydrogens (tertiary/aromatic N) is 1. The van der Waals surface area contributed by atoms with Crippen molar-refractivity contribution in [2.24, 2.45) is 0 Å². The zero-order chi connectivity index (χ0) is 16.3. The molecule has 1 aliphatic rings. The number of carboxylic acid groups (broad SMARTS) is 1. The van der Waals surface area contributed by atoms with Crippen LogP contribution in [-0.2, 0) is 4.43 Å². The lowest BCUT2D eigenvalue weighted by Gasteiger charge is -2.46. The lowest BCUT2D eigenvalue weighted by Crippen LogP contribution is -2.55. The van der Waals surface area contributed by atoms with Crippen LogP contribution in [0, 0.1) is 0 Å². The molecule has 0 aromatic heterocycles. The highest BCUT2D eigenvalue weighted by Gasteiger charge is 2.43. The number of amides is 1. The SMILES string of the molecule is CC(C)(C)[Si](C)(C)O[C@H]1CCCN(C(=O)O)[C@@H]1CCCBr. The van der Waals surface area contributed by atoms with Gasteiger partial charge in [-0.2, -0.15) is 0 Å². The first kappa shape index (κ1) is 19.0. The first-order valence-corrected chi connectivity index (χ1v) is 11.9. The first-order valence-electron chi connectivity index (χ1n) is 7.83. The van der Waals surface area contributed by atoms with E-state index in [2.05, 4.69) is 49.8 Å². The molecule has 1 amide bonds. The van der Waals surface area contributed by atoms with Gasteiger partial charge in [0.15, 0.2) is 8.32 Å². The zero-order valence-electron chi connectivity index (χ0n) is 14.0. The van der Waals surface area contributed by atoms with Gasteiger partial charge in [-0.15, -0.1) is 0 Å². The van der Waals surface area contributed by atoms with E-state index < -0.39 is 14.4 Å². The summed E-state index contributed by atoms with van der Waals surface area (Å²) in [5.74, 6) is 0. The molecule has 0 unspecified atom stereocenters. The summed E-state index contributed by atoms with van der Waals surface area (Å²) < 4.78 is 6.55. The highest BCUT2D eigenvalue weighted by atomic mass is 79.9. The third kappa shape index (κ3) is 4.96. The lowest BCUT2D eigenvalue weighted by atomic mass is 9.96. The van der Waals surface area contributed by atoms with Gasteiger partial charge >= 0.3 is 6.09 Å². The van der Waals surface area contributed by atoms with Crippen LogP contribution in [0.15, 0.2) is 0 Å². The molecule has 1 rings (SSSR count). The summed E-state index contributed by atoms with van der Waals surface area (Å²) in [4.78, 5) is 13.1. The van der Waals surface area contributed by atoms with Crippen molar-refractivity contribution in [2.75, 3.05) is 11.9 Å². The Labute approximate surface area is 138 Å². The van der Waals surface area contributed by atoms with Crippen LogP contribution in [-0.4, -0.2) is 48.4 Å². The molecule has 0 saturated carbocycles. The molecule has 4 nitrogen and oxygen atoms in total. The largest absolute Gasteiger partial charge is 0.465 e. The van der Waals surface area contributed by atoms with E-state index in [4.69, 9.17) is 4.43 Å². The normalized spacial score (nSPS) is 24.2. The smallest absolute Gasteiger partial charge is 0.407 e. The van der Waals surface area contributed by atoms with Gasteiger partial charge < -0.3 is 14.4 Å². The minimum Gasteiger partial charge on any atom is -0.465 e. The monoisotopic (exact) mass is 379 g/mol. The Morgan fingerprint density at radius 1 is 1.43 bits per heavy atom. The van der Waals surface area contributed by atoms with Gasteiger partial charge in [-0.1, -0.05) is 36.7 Å². The van der Waals surface area contributed by atoms with Crippen LogP contribution in [0.1, 0.15) is 46.5 Å². The molecular formula is C15H30BrNO3Si. The Kier molecular flexibility index (Phi) is 6.74. The minimum absolute atomic E-state index is 0.00271. The van der Waals surface area contributed by atoms with Crippen LogP contribution in [0.25, 0.3) is 0 Å². The second kappa shape index (κ2) is 7.46. The maximum Gasteiger partial charge on any atom is 0.407 e. The van der Waals surface area contributed by atoms with E-state index in [0.29, 0.717) is 6.54 Å². The summed E-state index contributed by atoms with van der Waals surface area (Å²) >= 11 is 3.45. The van der Waals surface area contributed by atoms with Crippen molar-refractivity contribution in [1.82, 2.24) is 4.90 Å². The Morgan fingerprint density at radius 2 is 2.05 bits per heavy atom. The number of likely N-dealkylation sites (tertiary alicyclic amines) is 1. The molecule has 1 aliphatic heterocycles. The first-order chi connectivity index (χ1) is 9.60. The van der Waals surface area contributed by atoms with Crippen LogP contribution >= 0.6 is 15.9 Å². The van der Waals surface area contributed by atoms with E-state index in [1.54, 1.807) is 4.90 Å². The van der Waals surface area contributed by atoms with Gasteiger partial charge in [0.25, 0.3) is 0 Å². The predicted octanol–water partition coefficient (Wildman–Crippen LogP) is 4.69. The standard InChI is InChI=1S/C15H30BrNO3Si/c1-15(2,3)21(4,5)20-13-9-7-11-17(14(18)19)12(13)8-6-10-16/h12-13H,6-11H2,1-5H3,(H,18,19)/t12-,13+/m1/s1. The van der Waals surface area contributed by atoms with Crippen LogP contribution < -0.4 is 0 Å². The third-order valence-electron chi connectivity index (χ3n) is 4.85. The van der Waals surface area contributed by atoms with Gasteiger partial charge in [0.05, 0.1) is 12.1 Å². The fourth-order valence-corrected chi connectivity index (χ4v) is 4.29. The van der Waals surface area contributed by atoms with Crippen molar-refractivity contribution < 1.29 is 14.3 Å². The Hall–Kier alpha value is -0.0731. The fourth-order valence-electron chi connectivity index (χ4n) is 2.58. The molecule has 0 spiro atoms. The van der Waals surface area contributed by atoms with E-state index in [9.17, 15) is 9.90 Å². The topological polar surface area (TPSA) is 49.8 Å². The molecule has 0 bridgehead atoms. The highest BCUT2D eigenvalue weighted by Crippen LogP contribution is 2.39. The summed E-state index contributed by atoms with van der Waals surface area (Å²) in [6, 6.07) is 0.00271. The predicted molar refractivity (Wildman–Crippen MR) is 92.9 cm³/mol. The molecule has 0 aliphatic carbocycles. The van der Waals surface area contributed by atoms with E-state index in [1.165, 1.54) is 0 Å². The van der Waals surface area contributed by atoms with Crippen LogP contribution in [0.4, 0.5) is 4.79 Å². The third-order valence-corrected chi connectivity index (χ3v) is 9.91. The van der Waals surface area contributed by atoms with E-state index >= 15 is 0 Å². The number of rotatable bonds is 5. The van der Waals surface area contributed by atoms with Crippen LogP contribution in [0.3, 0.4) is 0 Å². The van der Waals surface area contributed by atoms with Gasteiger partial charge in [0.2, 0.25) is 0 Å². The minimum atomic E-state index is -1.87. The number of hydrogen-bond donors (Lipinski definition) is 1. The van der Waals surface area contributed by atoms with Crippen molar-refractivity contribution in [1.29, 1.82) is 0 Å². The average molecular weight is 380 g/mol. The second-order valence-electron chi connectivity index (χ2n) is 7.43. The van der Waals surface area contributed by atoms with E-state index in [0.717, 1.165) is 31.0 Å². The van der Waals surface area contributed by atoms with Crippen molar-refractivity contribution in [3.63, 3.8) is 0 Å². The molecule has 0 aromatic carbocycles. The van der Waals surface area contributed by atoms with Gasteiger partial charge in [0, 0.05) is 11.9 Å². The maximum absolute atomic E-state index is 11.5. The molecule has 1 fully saturated rings. The highest BCUT2D eigenvalue weighted by molar-refractivity contribution is 9.09. The van der Waals surface area contributed by atoms with Crippen molar-refractivity contribution in [3.8, 4) is 0 Å². The quantitative estimate of drug-likeness (QED) is 0.556. The van der Waals surface area contributed by atoms with E-state index in [-0.39, 0.29) is 17.2 Å². The molecule has 6 heteroatoms. The lowest BCUT2D eigenvalue weighted by molar-refractivity contribution is 0.0192. The number of halogens is 1. The number of alkyl halides is 1. The number of piperidine rings is 1.